The number of H-pyrrole nitrogens is 1. The monoisotopic (exact) mass is 355 g/mol. The Hall–Kier alpha value is -3.07. The molecule has 1 fully saturated rings. The molecule has 0 bridgehead atoms. The molecule has 3 aromatic rings. The van der Waals surface area contributed by atoms with E-state index in [1.807, 2.05) is 4.90 Å². The van der Waals surface area contributed by atoms with Crippen LogP contribution in [0.4, 0.5) is 15.9 Å². The van der Waals surface area contributed by atoms with Gasteiger partial charge in [0.25, 0.3) is 0 Å². The fourth-order valence-electron chi connectivity index (χ4n) is 3.07. The quantitative estimate of drug-likeness (QED) is 0.732. The summed E-state index contributed by atoms with van der Waals surface area (Å²) in [5.41, 5.74) is 1.67. The third kappa shape index (κ3) is 3.33. The summed E-state index contributed by atoms with van der Waals surface area (Å²) in [4.78, 5) is 32.0. The highest BCUT2D eigenvalue weighted by atomic mass is 19.1. The lowest BCUT2D eigenvalue weighted by Gasteiger charge is -2.34. The average molecular weight is 355 g/mol. The van der Waals surface area contributed by atoms with E-state index in [4.69, 9.17) is 0 Å². The van der Waals surface area contributed by atoms with Crippen LogP contribution in [0.15, 0.2) is 36.9 Å². The minimum atomic E-state index is -0.432. The molecule has 0 saturated carbocycles. The summed E-state index contributed by atoms with van der Waals surface area (Å²) in [5.74, 6) is 0.169. The Balaban J connectivity index is 1.34. The fourth-order valence-corrected chi connectivity index (χ4v) is 3.07. The van der Waals surface area contributed by atoms with Crippen LogP contribution in [0.25, 0.3) is 11.2 Å². The standard InChI is InChI=1S/C17H18FN7O/c18-12-3-1-2-4-13(12)23-14(26)9-24-5-7-25(8-6-24)17-15-16(20-10-19-15)21-11-22-17/h1-4,10-11H,5-9H2,(H,23,26)(H,19,20,21,22). The number of aromatic amines is 1. The predicted molar refractivity (Wildman–Crippen MR) is 95.4 cm³/mol. The zero-order valence-corrected chi connectivity index (χ0v) is 14.0. The van der Waals surface area contributed by atoms with Crippen LogP contribution in [-0.4, -0.2) is 63.5 Å². The van der Waals surface area contributed by atoms with Crippen molar-refractivity contribution in [2.75, 3.05) is 42.9 Å². The summed E-state index contributed by atoms with van der Waals surface area (Å²) in [7, 11) is 0. The van der Waals surface area contributed by atoms with Crippen molar-refractivity contribution in [2.24, 2.45) is 0 Å². The van der Waals surface area contributed by atoms with Crippen LogP contribution >= 0.6 is 0 Å². The predicted octanol–water partition coefficient (Wildman–Crippen LogP) is 1.25. The third-order valence-corrected chi connectivity index (χ3v) is 4.39. The molecule has 0 aliphatic carbocycles. The van der Waals surface area contributed by atoms with Crippen molar-refractivity contribution in [2.45, 2.75) is 0 Å². The van der Waals surface area contributed by atoms with Crippen molar-refractivity contribution in [1.29, 1.82) is 0 Å². The molecule has 2 aromatic heterocycles. The van der Waals surface area contributed by atoms with E-state index in [2.05, 4.69) is 30.2 Å². The van der Waals surface area contributed by atoms with Gasteiger partial charge in [0.1, 0.15) is 17.7 Å². The number of piperazine rings is 1. The molecule has 26 heavy (non-hydrogen) atoms. The number of carbonyl (C=O) groups excluding carboxylic acids is 1. The van der Waals surface area contributed by atoms with E-state index in [0.717, 1.165) is 24.4 Å². The fraction of sp³-hybridized carbons (Fsp3) is 0.294. The number of hydrogen-bond acceptors (Lipinski definition) is 6. The highest BCUT2D eigenvalue weighted by Crippen LogP contribution is 2.21. The second-order valence-corrected chi connectivity index (χ2v) is 6.09. The minimum Gasteiger partial charge on any atom is -0.352 e. The molecule has 1 aromatic carbocycles. The maximum Gasteiger partial charge on any atom is 0.238 e. The number of halogens is 1. The number of imidazole rings is 1. The lowest BCUT2D eigenvalue weighted by atomic mass is 10.2. The van der Waals surface area contributed by atoms with Crippen LogP contribution in [0.5, 0.6) is 0 Å². The number of aromatic nitrogens is 4. The van der Waals surface area contributed by atoms with Crippen molar-refractivity contribution in [3.05, 3.63) is 42.7 Å². The zero-order valence-electron chi connectivity index (χ0n) is 14.0. The molecule has 9 heteroatoms. The SMILES string of the molecule is O=C(CN1CCN(c2ncnc3nc[nH]c23)CC1)Nc1ccccc1F. The summed E-state index contributed by atoms with van der Waals surface area (Å²) >= 11 is 0. The second-order valence-electron chi connectivity index (χ2n) is 6.09. The zero-order chi connectivity index (χ0) is 17.9. The molecule has 4 rings (SSSR count). The maximum atomic E-state index is 13.6. The van der Waals surface area contributed by atoms with E-state index in [1.54, 1.807) is 24.5 Å². The van der Waals surface area contributed by atoms with Gasteiger partial charge in [-0.1, -0.05) is 12.1 Å². The van der Waals surface area contributed by atoms with E-state index in [0.29, 0.717) is 18.7 Å². The van der Waals surface area contributed by atoms with Crippen molar-refractivity contribution in [3.63, 3.8) is 0 Å². The summed E-state index contributed by atoms with van der Waals surface area (Å²) in [6.07, 6.45) is 3.11. The van der Waals surface area contributed by atoms with Gasteiger partial charge in [0, 0.05) is 26.2 Å². The van der Waals surface area contributed by atoms with E-state index in [9.17, 15) is 9.18 Å². The molecule has 3 heterocycles. The first kappa shape index (κ1) is 16.4. The molecular formula is C17H18FN7O. The summed E-state index contributed by atoms with van der Waals surface area (Å²) < 4.78 is 13.6. The van der Waals surface area contributed by atoms with Gasteiger partial charge in [-0.2, -0.15) is 0 Å². The first-order valence-electron chi connectivity index (χ1n) is 8.36. The molecule has 0 atom stereocenters. The van der Waals surface area contributed by atoms with Gasteiger partial charge in [0.05, 0.1) is 18.6 Å². The number of para-hydroxylation sites is 1. The molecule has 8 nitrogen and oxygen atoms in total. The van der Waals surface area contributed by atoms with Crippen LogP contribution in [-0.2, 0) is 4.79 Å². The topological polar surface area (TPSA) is 90.0 Å². The number of benzene rings is 1. The minimum absolute atomic E-state index is 0.207. The average Bonchev–Trinajstić information content (AvgIpc) is 3.13. The van der Waals surface area contributed by atoms with Gasteiger partial charge in [-0.05, 0) is 12.1 Å². The molecule has 134 valence electrons. The largest absolute Gasteiger partial charge is 0.352 e. The van der Waals surface area contributed by atoms with Crippen LogP contribution < -0.4 is 10.2 Å². The molecular weight excluding hydrogens is 337 g/mol. The number of nitrogens with zero attached hydrogens (tertiary/aromatic N) is 5. The van der Waals surface area contributed by atoms with Gasteiger partial charge in [-0.15, -0.1) is 0 Å². The molecule has 1 amide bonds. The molecule has 1 aliphatic heterocycles. The van der Waals surface area contributed by atoms with E-state index in [1.165, 1.54) is 12.4 Å². The highest BCUT2D eigenvalue weighted by molar-refractivity contribution is 5.92. The van der Waals surface area contributed by atoms with Gasteiger partial charge in [-0.3, -0.25) is 9.69 Å². The smallest absolute Gasteiger partial charge is 0.238 e. The Labute approximate surface area is 149 Å². The van der Waals surface area contributed by atoms with Crippen LogP contribution in [0.3, 0.4) is 0 Å². The van der Waals surface area contributed by atoms with E-state index < -0.39 is 5.82 Å². The highest BCUT2D eigenvalue weighted by Gasteiger charge is 2.22. The van der Waals surface area contributed by atoms with E-state index in [-0.39, 0.29) is 18.1 Å². The second kappa shape index (κ2) is 7.04. The number of amides is 1. The summed E-state index contributed by atoms with van der Waals surface area (Å²) in [6.45, 7) is 3.12. The Bertz CT molecular complexity index is 920. The number of carbonyl (C=O) groups is 1. The lowest BCUT2D eigenvalue weighted by Crippen LogP contribution is -2.49. The molecule has 0 spiro atoms. The van der Waals surface area contributed by atoms with Gasteiger partial charge in [0.2, 0.25) is 5.91 Å². The third-order valence-electron chi connectivity index (χ3n) is 4.39. The van der Waals surface area contributed by atoms with Crippen molar-refractivity contribution >= 4 is 28.6 Å². The Morgan fingerprint density at radius 2 is 1.96 bits per heavy atom. The molecule has 0 radical (unpaired) electrons. The van der Waals surface area contributed by atoms with E-state index >= 15 is 0 Å². The molecule has 2 N–H and O–H groups in total. The van der Waals surface area contributed by atoms with Crippen molar-refractivity contribution in [3.8, 4) is 0 Å². The van der Waals surface area contributed by atoms with Gasteiger partial charge < -0.3 is 15.2 Å². The Kier molecular flexibility index (Phi) is 4.44. The van der Waals surface area contributed by atoms with Gasteiger partial charge in [-0.25, -0.2) is 19.3 Å². The number of fused-ring (bicyclic) bond motifs is 1. The van der Waals surface area contributed by atoms with Crippen LogP contribution in [0.2, 0.25) is 0 Å². The lowest BCUT2D eigenvalue weighted by molar-refractivity contribution is -0.117. The van der Waals surface area contributed by atoms with Gasteiger partial charge in [0.15, 0.2) is 11.5 Å². The first-order valence-corrected chi connectivity index (χ1v) is 8.36. The number of anilines is 2. The number of rotatable bonds is 4. The van der Waals surface area contributed by atoms with Crippen molar-refractivity contribution < 1.29 is 9.18 Å². The maximum absolute atomic E-state index is 13.6. The molecule has 1 saturated heterocycles. The normalized spacial score (nSPS) is 15.3. The van der Waals surface area contributed by atoms with Gasteiger partial charge >= 0.3 is 0 Å². The van der Waals surface area contributed by atoms with Crippen LogP contribution in [0.1, 0.15) is 0 Å². The number of hydrogen-bond donors (Lipinski definition) is 2. The Morgan fingerprint density at radius 3 is 2.77 bits per heavy atom. The Morgan fingerprint density at radius 1 is 1.15 bits per heavy atom. The summed E-state index contributed by atoms with van der Waals surface area (Å²) in [5, 5.41) is 2.62. The first-order chi connectivity index (χ1) is 12.7. The van der Waals surface area contributed by atoms with Crippen LogP contribution in [0, 0.1) is 5.82 Å². The van der Waals surface area contributed by atoms with Crippen molar-refractivity contribution in [1.82, 2.24) is 24.8 Å². The molecule has 1 aliphatic rings. The molecule has 0 unspecified atom stereocenters. The number of nitrogens with one attached hydrogen (secondary N) is 2. The summed E-state index contributed by atoms with van der Waals surface area (Å²) in [6, 6.07) is 6.16.